The first-order valence-electron chi connectivity index (χ1n) is 8.72. The van der Waals surface area contributed by atoms with E-state index in [0.29, 0.717) is 18.8 Å². The Labute approximate surface area is 163 Å². The summed E-state index contributed by atoms with van der Waals surface area (Å²) in [5, 5.41) is 7.44. The van der Waals surface area contributed by atoms with Crippen molar-refractivity contribution >= 4 is 29.3 Å². The number of carbonyl (C=O) groups excluding carboxylic acids is 2. The van der Waals surface area contributed by atoms with Crippen LogP contribution in [-0.2, 0) is 16.6 Å². The van der Waals surface area contributed by atoms with Crippen molar-refractivity contribution < 1.29 is 19.1 Å². The fourth-order valence-corrected chi connectivity index (χ4v) is 2.66. The highest BCUT2D eigenvalue weighted by Crippen LogP contribution is 2.26. The van der Waals surface area contributed by atoms with Gasteiger partial charge in [0.25, 0.3) is 0 Å². The average Bonchev–Trinajstić information content (AvgIpc) is 2.97. The number of aryl methyl sites for hydroxylation is 3. The smallest absolute Gasteiger partial charge is 0.343 e. The second kappa shape index (κ2) is 9.41. The molecule has 0 saturated heterocycles. The Balaban J connectivity index is 1.85. The number of rotatable bonds is 8. The van der Waals surface area contributed by atoms with E-state index in [1.54, 1.807) is 14.0 Å². The van der Waals surface area contributed by atoms with Gasteiger partial charge in [0.2, 0.25) is 5.91 Å². The summed E-state index contributed by atoms with van der Waals surface area (Å²) in [6.45, 7) is 6.21. The van der Waals surface area contributed by atoms with Crippen LogP contribution in [0.1, 0.15) is 41.3 Å². The first-order valence-corrected chi connectivity index (χ1v) is 9.09. The molecule has 1 aromatic heterocycles. The number of halogens is 1. The van der Waals surface area contributed by atoms with Crippen molar-refractivity contribution in [3.8, 4) is 5.75 Å². The van der Waals surface area contributed by atoms with Crippen LogP contribution < -0.4 is 10.1 Å². The van der Waals surface area contributed by atoms with E-state index >= 15 is 0 Å². The van der Waals surface area contributed by atoms with Crippen molar-refractivity contribution in [2.45, 2.75) is 33.6 Å². The number of carbonyl (C=O) groups is 2. The lowest BCUT2D eigenvalue weighted by Crippen LogP contribution is -2.18. The third-order valence-corrected chi connectivity index (χ3v) is 4.51. The highest BCUT2D eigenvalue weighted by Gasteiger charge is 2.19. The fraction of sp³-hybridized carbons (Fsp3) is 0.421. The van der Waals surface area contributed by atoms with E-state index < -0.39 is 5.97 Å². The van der Waals surface area contributed by atoms with Crippen LogP contribution in [0.15, 0.2) is 18.3 Å². The van der Waals surface area contributed by atoms with Crippen LogP contribution >= 0.6 is 11.6 Å². The molecule has 0 saturated carbocycles. The van der Waals surface area contributed by atoms with E-state index in [1.807, 2.05) is 26.0 Å². The van der Waals surface area contributed by atoms with Crippen molar-refractivity contribution in [1.29, 1.82) is 0 Å². The minimum atomic E-state index is -0.516. The highest BCUT2D eigenvalue weighted by atomic mass is 35.5. The number of benzene rings is 1. The molecule has 8 heteroatoms. The molecule has 1 aromatic carbocycles. The Hall–Kier alpha value is -2.54. The predicted molar refractivity (Wildman–Crippen MR) is 103 cm³/mol. The molecule has 146 valence electrons. The van der Waals surface area contributed by atoms with E-state index in [9.17, 15) is 9.59 Å². The van der Waals surface area contributed by atoms with Gasteiger partial charge in [-0.05, 0) is 50.5 Å². The number of hydrogen-bond acceptors (Lipinski definition) is 5. The van der Waals surface area contributed by atoms with Crippen molar-refractivity contribution in [3.05, 3.63) is 40.0 Å². The van der Waals surface area contributed by atoms with Crippen molar-refractivity contribution in [2.75, 3.05) is 18.5 Å². The maximum atomic E-state index is 12.2. The number of esters is 1. The molecule has 0 radical (unpaired) electrons. The Morgan fingerprint density at radius 2 is 1.93 bits per heavy atom. The minimum Gasteiger partial charge on any atom is -0.494 e. The predicted octanol–water partition coefficient (Wildman–Crippen LogP) is 3.66. The van der Waals surface area contributed by atoms with E-state index in [2.05, 4.69) is 10.4 Å². The Morgan fingerprint density at radius 1 is 1.26 bits per heavy atom. The van der Waals surface area contributed by atoms with Gasteiger partial charge in [-0.3, -0.25) is 9.48 Å². The van der Waals surface area contributed by atoms with Crippen LogP contribution in [0.2, 0.25) is 5.02 Å². The van der Waals surface area contributed by atoms with Gasteiger partial charge in [0, 0.05) is 18.5 Å². The number of nitrogens with one attached hydrogen (secondary N) is 1. The van der Waals surface area contributed by atoms with Gasteiger partial charge in [-0.15, -0.1) is 0 Å². The third kappa shape index (κ3) is 5.47. The van der Waals surface area contributed by atoms with Gasteiger partial charge >= 0.3 is 5.97 Å². The molecule has 0 spiro atoms. The number of anilines is 1. The summed E-state index contributed by atoms with van der Waals surface area (Å²) in [4.78, 5) is 24.1. The van der Waals surface area contributed by atoms with E-state index in [1.165, 1.54) is 10.9 Å². The van der Waals surface area contributed by atoms with Crippen molar-refractivity contribution in [2.24, 2.45) is 7.05 Å². The molecule has 0 atom stereocenters. The average molecular weight is 394 g/mol. The summed E-state index contributed by atoms with van der Waals surface area (Å²) in [5.74, 6) is 0.309. The molecular weight excluding hydrogens is 370 g/mol. The molecule has 0 fully saturated rings. The van der Waals surface area contributed by atoms with Crippen molar-refractivity contribution in [1.82, 2.24) is 9.78 Å². The van der Waals surface area contributed by atoms with Crippen LogP contribution in [0.25, 0.3) is 0 Å². The van der Waals surface area contributed by atoms with E-state index in [4.69, 9.17) is 21.1 Å². The summed E-state index contributed by atoms with van der Waals surface area (Å²) in [7, 11) is 1.65. The van der Waals surface area contributed by atoms with Gasteiger partial charge in [0.05, 0.1) is 19.4 Å². The fourth-order valence-electron chi connectivity index (χ4n) is 2.55. The maximum Gasteiger partial charge on any atom is 0.343 e. The standard InChI is InChI=1S/C19H24ClN3O4/c1-5-26-19(25)15-11-21-23(4)18(15)22-16(24)7-6-8-27-14-9-12(2)17(20)13(3)10-14/h9-11H,5-8H2,1-4H3,(H,22,24). The summed E-state index contributed by atoms with van der Waals surface area (Å²) in [6, 6.07) is 3.74. The molecule has 1 heterocycles. The zero-order chi connectivity index (χ0) is 20.0. The summed E-state index contributed by atoms with van der Waals surface area (Å²) < 4.78 is 12.1. The molecule has 0 unspecified atom stereocenters. The minimum absolute atomic E-state index is 0.226. The lowest BCUT2D eigenvalue weighted by Gasteiger charge is -2.11. The Bertz CT molecular complexity index is 809. The van der Waals surface area contributed by atoms with Gasteiger partial charge in [-0.1, -0.05) is 11.6 Å². The number of hydrogen-bond donors (Lipinski definition) is 1. The number of ether oxygens (including phenoxy) is 2. The van der Waals surface area contributed by atoms with E-state index in [-0.39, 0.29) is 24.5 Å². The molecule has 0 aliphatic carbocycles. The van der Waals surface area contributed by atoms with E-state index in [0.717, 1.165) is 21.9 Å². The zero-order valence-corrected chi connectivity index (χ0v) is 16.7. The van der Waals surface area contributed by atoms with Gasteiger partial charge < -0.3 is 14.8 Å². The molecular formula is C19H24ClN3O4. The molecule has 1 amide bonds. The molecule has 2 rings (SSSR count). The van der Waals surface area contributed by atoms with Crippen LogP contribution in [0, 0.1) is 13.8 Å². The first-order chi connectivity index (χ1) is 12.8. The third-order valence-electron chi connectivity index (χ3n) is 3.92. The largest absolute Gasteiger partial charge is 0.494 e. The number of nitrogens with zero attached hydrogens (tertiary/aromatic N) is 2. The Morgan fingerprint density at radius 3 is 2.56 bits per heavy atom. The summed E-state index contributed by atoms with van der Waals surface area (Å²) in [5.41, 5.74) is 2.13. The summed E-state index contributed by atoms with van der Waals surface area (Å²) >= 11 is 6.14. The highest BCUT2D eigenvalue weighted by molar-refractivity contribution is 6.32. The van der Waals surface area contributed by atoms with Gasteiger partial charge in [0.1, 0.15) is 17.1 Å². The normalized spacial score (nSPS) is 10.6. The molecule has 0 aliphatic heterocycles. The lowest BCUT2D eigenvalue weighted by molar-refractivity contribution is -0.116. The Kier molecular flexibility index (Phi) is 7.24. The molecule has 27 heavy (non-hydrogen) atoms. The van der Waals surface area contributed by atoms with Crippen LogP contribution in [-0.4, -0.2) is 34.9 Å². The second-order valence-corrected chi connectivity index (χ2v) is 6.50. The molecule has 0 aliphatic rings. The summed E-state index contributed by atoms with van der Waals surface area (Å²) in [6.07, 6.45) is 2.15. The van der Waals surface area contributed by atoms with Crippen molar-refractivity contribution in [3.63, 3.8) is 0 Å². The number of amides is 1. The monoisotopic (exact) mass is 393 g/mol. The topological polar surface area (TPSA) is 82.5 Å². The number of aromatic nitrogens is 2. The molecule has 7 nitrogen and oxygen atoms in total. The lowest BCUT2D eigenvalue weighted by atomic mass is 10.1. The maximum absolute atomic E-state index is 12.2. The van der Waals surface area contributed by atoms with Gasteiger partial charge in [-0.25, -0.2) is 4.79 Å². The second-order valence-electron chi connectivity index (χ2n) is 6.12. The SMILES string of the molecule is CCOC(=O)c1cnn(C)c1NC(=O)CCCOc1cc(C)c(Cl)c(C)c1. The molecule has 2 aromatic rings. The first kappa shape index (κ1) is 20.8. The zero-order valence-electron chi connectivity index (χ0n) is 16.0. The van der Waals surface area contributed by atoms with Gasteiger partial charge in [0.15, 0.2) is 0 Å². The molecule has 0 bridgehead atoms. The van der Waals surface area contributed by atoms with Crippen LogP contribution in [0.4, 0.5) is 5.82 Å². The van der Waals surface area contributed by atoms with Crippen LogP contribution in [0.5, 0.6) is 5.75 Å². The van der Waals surface area contributed by atoms with Gasteiger partial charge in [-0.2, -0.15) is 5.10 Å². The molecule has 1 N–H and O–H groups in total. The van der Waals surface area contributed by atoms with Crippen LogP contribution in [0.3, 0.4) is 0 Å². The quantitative estimate of drug-likeness (QED) is 0.546.